The molecule has 0 aliphatic carbocycles. The third-order valence-corrected chi connectivity index (χ3v) is 3.64. The number of carbonyl (C=O) groups excluding carboxylic acids is 2. The standard InChI is InChI=1S/C19H22N2O3/c1-13-6-5-7-15(12-13)18(23)21-17-9-4-3-8-16(17)19(24)20-14(2)10-11-22/h3-9,12,14,22H,10-11H2,1-2H3,(H,20,24)(H,21,23)/t14-/m1/s1. The normalized spacial score (nSPS) is 11.6. The van der Waals surface area contributed by atoms with E-state index < -0.39 is 0 Å². The fourth-order valence-electron chi connectivity index (χ4n) is 2.34. The van der Waals surface area contributed by atoms with Crippen LogP contribution in [0.25, 0.3) is 0 Å². The Kier molecular flexibility index (Phi) is 6.09. The average molecular weight is 326 g/mol. The lowest BCUT2D eigenvalue weighted by atomic mass is 10.1. The average Bonchev–Trinajstić information content (AvgIpc) is 2.55. The largest absolute Gasteiger partial charge is 0.396 e. The molecule has 0 aliphatic heterocycles. The minimum absolute atomic E-state index is 0.00713. The number of hydrogen-bond donors (Lipinski definition) is 3. The molecule has 0 saturated heterocycles. The van der Waals surface area contributed by atoms with E-state index in [1.807, 2.05) is 26.0 Å². The van der Waals surface area contributed by atoms with Gasteiger partial charge in [0.1, 0.15) is 0 Å². The SMILES string of the molecule is Cc1cccc(C(=O)Nc2ccccc2C(=O)N[C@H](C)CCO)c1. The quantitative estimate of drug-likeness (QED) is 0.764. The molecule has 0 radical (unpaired) electrons. The molecule has 3 N–H and O–H groups in total. The van der Waals surface area contributed by atoms with Gasteiger partial charge in [0.2, 0.25) is 0 Å². The minimum Gasteiger partial charge on any atom is -0.396 e. The van der Waals surface area contributed by atoms with Crippen molar-refractivity contribution in [2.75, 3.05) is 11.9 Å². The van der Waals surface area contributed by atoms with Crippen LogP contribution in [-0.4, -0.2) is 29.6 Å². The molecule has 0 unspecified atom stereocenters. The molecule has 5 heteroatoms. The Balaban J connectivity index is 2.16. The fraction of sp³-hybridized carbons (Fsp3) is 0.263. The van der Waals surface area contributed by atoms with E-state index in [9.17, 15) is 9.59 Å². The van der Waals surface area contributed by atoms with Crippen molar-refractivity contribution < 1.29 is 14.7 Å². The van der Waals surface area contributed by atoms with Crippen LogP contribution in [-0.2, 0) is 0 Å². The second kappa shape index (κ2) is 8.26. The molecule has 5 nitrogen and oxygen atoms in total. The highest BCUT2D eigenvalue weighted by molar-refractivity contribution is 6.09. The van der Waals surface area contributed by atoms with E-state index in [0.29, 0.717) is 23.2 Å². The molecule has 0 spiro atoms. The lowest BCUT2D eigenvalue weighted by molar-refractivity contribution is 0.0935. The Morgan fingerprint density at radius 2 is 1.83 bits per heavy atom. The summed E-state index contributed by atoms with van der Waals surface area (Å²) >= 11 is 0. The number of aliphatic hydroxyl groups excluding tert-OH is 1. The molecule has 2 amide bonds. The van der Waals surface area contributed by atoms with E-state index in [-0.39, 0.29) is 24.5 Å². The molecule has 0 saturated carbocycles. The Bertz CT molecular complexity index is 728. The Hall–Kier alpha value is -2.66. The lowest BCUT2D eigenvalue weighted by Gasteiger charge is -2.15. The van der Waals surface area contributed by atoms with Crippen molar-refractivity contribution in [3.05, 3.63) is 65.2 Å². The molecule has 0 heterocycles. The van der Waals surface area contributed by atoms with Gasteiger partial charge >= 0.3 is 0 Å². The first-order valence-electron chi connectivity index (χ1n) is 7.90. The highest BCUT2D eigenvalue weighted by atomic mass is 16.3. The van der Waals surface area contributed by atoms with Crippen LogP contribution in [0.15, 0.2) is 48.5 Å². The van der Waals surface area contributed by atoms with Crippen LogP contribution in [0.5, 0.6) is 0 Å². The maximum atomic E-state index is 12.4. The summed E-state index contributed by atoms with van der Waals surface area (Å²) in [5.74, 6) is -0.543. The smallest absolute Gasteiger partial charge is 0.255 e. The summed E-state index contributed by atoms with van der Waals surface area (Å²) in [7, 11) is 0. The van der Waals surface area contributed by atoms with Gasteiger partial charge in [-0.2, -0.15) is 0 Å². The van der Waals surface area contributed by atoms with Crippen molar-refractivity contribution in [1.82, 2.24) is 5.32 Å². The van der Waals surface area contributed by atoms with Crippen molar-refractivity contribution in [3.8, 4) is 0 Å². The first-order chi connectivity index (χ1) is 11.5. The van der Waals surface area contributed by atoms with E-state index in [0.717, 1.165) is 5.56 Å². The molecule has 24 heavy (non-hydrogen) atoms. The molecular formula is C19H22N2O3. The van der Waals surface area contributed by atoms with Crippen LogP contribution < -0.4 is 10.6 Å². The van der Waals surface area contributed by atoms with Gasteiger partial charge in [0.25, 0.3) is 11.8 Å². The van der Waals surface area contributed by atoms with Gasteiger partial charge in [-0.15, -0.1) is 0 Å². The van der Waals surface area contributed by atoms with Gasteiger partial charge in [-0.1, -0.05) is 29.8 Å². The van der Waals surface area contributed by atoms with E-state index in [1.54, 1.807) is 36.4 Å². The van der Waals surface area contributed by atoms with Crippen LogP contribution in [0.3, 0.4) is 0 Å². The number of anilines is 1. The third-order valence-electron chi connectivity index (χ3n) is 3.64. The predicted octanol–water partition coefficient (Wildman–Crippen LogP) is 2.75. The summed E-state index contributed by atoms with van der Waals surface area (Å²) < 4.78 is 0. The topological polar surface area (TPSA) is 78.4 Å². The number of rotatable bonds is 6. The van der Waals surface area contributed by atoms with Gasteiger partial charge < -0.3 is 15.7 Å². The highest BCUT2D eigenvalue weighted by Crippen LogP contribution is 2.17. The number of hydrogen-bond acceptors (Lipinski definition) is 3. The fourth-order valence-corrected chi connectivity index (χ4v) is 2.34. The maximum Gasteiger partial charge on any atom is 0.255 e. The first kappa shape index (κ1) is 17.7. The second-order valence-corrected chi connectivity index (χ2v) is 5.76. The molecule has 0 aromatic heterocycles. The van der Waals surface area contributed by atoms with Crippen molar-refractivity contribution in [2.45, 2.75) is 26.3 Å². The molecule has 2 aromatic carbocycles. The summed E-state index contributed by atoms with van der Waals surface area (Å²) in [5, 5.41) is 14.5. The van der Waals surface area contributed by atoms with E-state index in [4.69, 9.17) is 5.11 Å². The molecule has 0 bridgehead atoms. The summed E-state index contributed by atoms with van der Waals surface area (Å²) in [6.07, 6.45) is 0.476. The van der Waals surface area contributed by atoms with Gasteiger partial charge in [-0.3, -0.25) is 9.59 Å². The molecule has 1 atom stereocenters. The molecule has 126 valence electrons. The number of aliphatic hydroxyl groups is 1. The van der Waals surface area contributed by atoms with E-state index >= 15 is 0 Å². The molecule has 0 fully saturated rings. The number of amides is 2. The van der Waals surface area contributed by atoms with Crippen LogP contribution >= 0.6 is 0 Å². The number of carbonyl (C=O) groups is 2. The minimum atomic E-state index is -0.281. The summed E-state index contributed by atoms with van der Waals surface area (Å²) in [4.78, 5) is 24.8. The van der Waals surface area contributed by atoms with Crippen molar-refractivity contribution >= 4 is 17.5 Å². The number of benzene rings is 2. The molecule has 2 rings (SSSR count). The molecule has 0 aliphatic rings. The Labute approximate surface area is 141 Å². The monoisotopic (exact) mass is 326 g/mol. The van der Waals surface area contributed by atoms with Crippen LogP contribution in [0.4, 0.5) is 5.69 Å². The van der Waals surface area contributed by atoms with Gasteiger partial charge in [0.05, 0.1) is 11.3 Å². The summed E-state index contributed by atoms with van der Waals surface area (Å²) in [5.41, 5.74) is 2.38. The third kappa shape index (κ3) is 4.67. The summed E-state index contributed by atoms with van der Waals surface area (Å²) in [6.45, 7) is 3.75. The number of para-hydroxylation sites is 1. The van der Waals surface area contributed by atoms with Gasteiger partial charge in [-0.05, 0) is 44.5 Å². The lowest BCUT2D eigenvalue weighted by Crippen LogP contribution is -2.33. The number of nitrogens with one attached hydrogen (secondary N) is 2. The molecular weight excluding hydrogens is 304 g/mol. The molecule has 2 aromatic rings. The van der Waals surface area contributed by atoms with Gasteiger partial charge in [0.15, 0.2) is 0 Å². The van der Waals surface area contributed by atoms with Crippen LogP contribution in [0.1, 0.15) is 39.6 Å². The number of aryl methyl sites for hydroxylation is 1. The van der Waals surface area contributed by atoms with Crippen LogP contribution in [0.2, 0.25) is 0 Å². The van der Waals surface area contributed by atoms with Crippen molar-refractivity contribution in [3.63, 3.8) is 0 Å². The Morgan fingerprint density at radius 3 is 2.54 bits per heavy atom. The highest BCUT2D eigenvalue weighted by Gasteiger charge is 2.15. The van der Waals surface area contributed by atoms with Gasteiger partial charge in [-0.25, -0.2) is 0 Å². The predicted molar refractivity (Wildman–Crippen MR) is 94.2 cm³/mol. The van der Waals surface area contributed by atoms with E-state index in [1.165, 1.54) is 0 Å². The zero-order valence-electron chi connectivity index (χ0n) is 13.9. The Morgan fingerprint density at radius 1 is 1.08 bits per heavy atom. The van der Waals surface area contributed by atoms with Crippen molar-refractivity contribution in [1.29, 1.82) is 0 Å². The van der Waals surface area contributed by atoms with Gasteiger partial charge in [0, 0.05) is 18.2 Å². The maximum absolute atomic E-state index is 12.4. The zero-order chi connectivity index (χ0) is 17.5. The zero-order valence-corrected chi connectivity index (χ0v) is 13.9. The first-order valence-corrected chi connectivity index (χ1v) is 7.90. The summed E-state index contributed by atoms with van der Waals surface area (Å²) in [6, 6.07) is 14.0. The van der Waals surface area contributed by atoms with Crippen LogP contribution in [0, 0.1) is 6.92 Å². The van der Waals surface area contributed by atoms with E-state index in [2.05, 4.69) is 10.6 Å². The van der Waals surface area contributed by atoms with Crippen molar-refractivity contribution in [2.24, 2.45) is 0 Å². The second-order valence-electron chi connectivity index (χ2n) is 5.76.